The number of hydrogen-bond acceptors (Lipinski definition) is 7. The van der Waals surface area contributed by atoms with Crippen molar-refractivity contribution in [3.05, 3.63) is 41.1 Å². The molecule has 2 aromatic rings. The van der Waals surface area contributed by atoms with Crippen LogP contribution in [0.3, 0.4) is 0 Å². The zero-order valence-corrected chi connectivity index (χ0v) is 16.2. The number of nitrogens with one attached hydrogen (secondary N) is 1. The highest BCUT2D eigenvalue weighted by Crippen LogP contribution is 2.41. The first-order valence-corrected chi connectivity index (χ1v) is 10.6. The topological polar surface area (TPSA) is 58.1 Å². The van der Waals surface area contributed by atoms with Crippen LogP contribution in [0.5, 0.6) is 0 Å². The van der Waals surface area contributed by atoms with E-state index in [4.69, 9.17) is 0 Å². The predicted molar refractivity (Wildman–Crippen MR) is 104 cm³/mol. The lowest BCUT2D eigenvalue weighted by Crippen LogP contribution is -2.25. The van der Waals surface area contributed by atoms with Gasteiger partial charge in [-0.25, -0.2) is 0 Å². The third kappa shape index (κ3) is 3.72. The Labute approximate surface area is 161 Å². The first-order chi connectivity index (χ1) is 12.2. The molecule has 2 bridgehead atoms. The number of benzene rings is 1. The molecule has 25 heavy (non-hydrogen) atoms. The highest BCUT2D eigenvalue weighted by Gasteiger charge is 2.38. The van der Waals surface area contributed by atoms with Gasteiger partial charge in [0, 0.05) is 30.3 Å². The van der Waals surface area contributed by atoms with Gasteiger partial charge in [-0.05, 0) is 43.0 Å². The minimum absolute atomic E-state index is 0.184. The summed E-state index contributed by atoms with van der Waals surface area (Å²) < 4.78 is 11.5. The summed E-state index contributed by atoms with van der Waals surface area (Å²) >= 11 is 6.87. The SMILES string of the molecule is O=C(NS)c1ccc(CSc2nsnc2C2CN3CCCC2C3)cc1. The quantitative estimate of drug-likeness (QED) is 0.604. The number of nitrogens with zero attached hydrogens (tertiary/aromatic N) is 3. The Morgan fingerprint density at radius 2 is 2.16 bits per heavy atom. The summed E-state index contributed by atoms with van der Waals surface area (Å²) in [6.07, 6.45) is 2.63. The maximum Gasteiger partial charge on any atom is 0.260 e. The number of hydrogen-bond donors (Lipinski definition) is 2. The van der Waals surface area contributed by atoms with E-state index in [0.29, 0.717) is 11.5 Å². The van der Waals surface area contributed by atoms with Crippen LogP contribution in [-0.2, 0) is 5.75 Å². The number of carbonyl (C=O) groups excluding carboxylic acids is 1. The number of rotatable bonds is 5. The van der Waals surface area contributed by atoms with Crippen molar-refractivity contribution >= 4 is 42.2 Å². The lowest BCUT2D eigenvalue weighted by atomic mass is 9.89. The van der Waals surface area contributed by atoms with E-state index in [9.17, 15) is 4.79 Å². The van der Waals surface area contributed by atoms with Crippen molar-refractivity contribution in [2.45, 2.75) is 29.5 Å². The molecule has 2 saturated heterocycles. The Kier molecular flexibility index (Phi) is 5.30. The van der Waals surface area contributed by atoms with E-state index in [1.165, 1.54) is 48.9 Å². The maximum atomic E-state index is 11.5. The molecule has 0 aliphatic carbocycles. The van der Waals surface area contributed by atoms with Crippen LogP contribution in [-0.4, -0.2) is 39.2 Å². The fraction of sp³-hybridized carbons (Fsp3) is 0.471. The summed E-state index contributed by atoms with van der Waals surface area (Å²) in [6.45, 7) is 3.59. The van der Waals surface area contributed by atoms with Gasteiger partial charge >= 0.3 is 0 Å². The monoisotopic (exact) mass is 392 g/mol. The standard InChI is InChI=1S/C17H20N4OS3/c22-16(18-23)12-5-3-11(4-6-12)10-24-17-15(19-25-20-17)14-9-21-7-1-2-13(14)8-21/h3-6,13-14,23H,1-2,7-10H2,(H,18,22). The van der Waals surface area contributed by atoms with Crippen molar-refractivity contribution in [3.8, 4) is 0 Å². The Morgan fingerprint density at radius 1 is 1.32 bits per heavy atom. The molecule has 4 rings (SSSR count). The van der Waals surface area contributed by atoms with Crippen molar-refractivity contribution < 1.29 is 4.79 Å². The Hall–Kier alpha value is -1.09. The number of amides is 1. The first kappa shape index (κ1) is 17.3. The van der Waals surface area contributed by atoms with Crippen LogP contribution in [0.2, 0.25) is 0 Å². The van der Waals surface area contributed by atoms with Crippen LogP contribution < -0.4 is 4.72 Å². The van der Waals surface area contributed by atoms with Crippen molar-refractivity contribution in [1.29, 1.82) is 0 Å². The zero-order chi connectivity index (χ0) is 17.2. The molecule has 8 heteroatoms. The Bertz CT molecular complexity index is 749. The van der Waals surface area contributed by atoms with Gasteiger partial charge in [-0.1, -0.05) is 36.7 Å². The van der Waals surface area contributed by atoms with Gasteiger partial charge in [0.1, 0.15) is 5.03 Å². The molecule has 5 nitrogen and oxygen atoms in total. The highest BCUT2D eigenvalue weighted by atomic mass is 32.2. The van der Waals surface area contributed by atoms with Gasteiger partial charge in [0.05, 0.1) is 17.4 Å². The smallest absolute Gasteiger partial charge is 0.260 e. The molecule has 2 aliphatic heterocycles. The summed E-state index contributed by atoms with van der Waals surface area (Å²) in [5.74, 6) is 1.94. The van der Waals surface area contributed by atoms with Crippen molar-refractivity contribution in [1.82, 2.24) is 18.4 Å². The van der Waals surface area contributed by atoms with E-state index < -0.39 is 0 Å². The summed E-state index contributed by atoms with van der Waals surface area (Å²) in [5, 5.41) is 1.08. The maximum absolute atomic E-state index is 11.5. The minimum atomic E-state index is -0.184. The summed E-state index contributed by atoms with van der Waals surface area (Å²) in [6, 6.07) is 7.63. The molecular weight excluding hydrogens is 372 g/mol. The minimum Gasteiger partial charge on any atom is -0.302 e. The second kappa shape index (κ2) is 7.65. The molecule has 132 valence electrons. The molecule has 2 fully saturated rings. The summed E-state index contributed by atoms with van der Waals surface area (Å²) in [4.78, 5) is 14.1. The number of thioether (sulfide) groups is 1. The second-order valence-corrected chi connectivity index (χ2v) is 8.37. The number of fused-ring (bicyclic) bond motifs is 2. The van der Waals surface area contributed by atoms with Gasteiger partial charge in [-0.3, -0.25) is 9.52 Å². The average Bonchev–Trinajstić information content (AvgIpc) is 3.23. The lowest BCUT2D eigenvalue weighted by Gasteiger charge is -2.21. The number of carbonyl (C=O) groups is 1. The van der Waals surface area contributed by atoms with Crippen LogP contribution in [0.4, 0.5) is 0 Å². The van der Waals surface area contributed by atoms with E-state index in [0.717, 1.165) is 23.2 Å². The number of piperidine rings is 1. The normalized spacial score (nSPS) is 25.1. The van der Waals surface area contributed by atoms with E-state index >= 15 is 0 Å². The van der Waals surface area contributed by atoms with Crippen LogP contribution in [0, 0.1) is 5.92 Å². The molecule has 1 N–H and O–H groups in total. The molecule has 0 radical (unpaired) electrons. The van der Waals surface area contributed by atoms with Crippen molar-refractivity contribution in [2.75, 3.05) is 19.6 Å². The van der Waals surface area contributed by atoms with Gasteiger partial charge < -0.3 is 4.90 Å². The van der Waals surface area contributed by atoms with E-state index in [2.05, 4.69) is 31.2 Å². The molecule has 1 aromatic heterocycles. The Morgan fingerprint density at radius 3 is 2.92 bits per heavy atom. The lowest BCUT2D eigenvalue weighted by molar-refractivity contribution is 0.0985. The first-order valence-electron chi connectivity index (χ1n) is 8.45. The van der Waals surface area contributed by atoms with E-state index in [1.807, 2.05) is 24.3 Å². The molecule has 3 heterocycles. The fourth-order valence-electron chi connectivity index (χ4n) is 3.80. The van der Waals surface area contributed by atoms with Gasteiger partial charge in [0.25, 0.3) is 5.91 Å². The zero-order valence-electron chi connectivity index (χ0n) is 13.7. The van der Waals surface area contributed by atoms with Gasteiger partial charge in [0.2, 0.25) is 0 Å². The van der Waals surface area contributed by atoms with Crippen molar-refractivity contribution in [3.63, 3.8) is 0 Å². The largest absolute Gasteiger partial charge is 0.302 e. The molecule has 1 aromatic carbocycles. The molecule has 3 atom stereocenters. The van der Waals surface area contributed by atoms with Gasteiger partial charge in [-0.2, -0.15) is 8.75 Å². The molecule has 1 amide bonds. The number of thiol groups is 1. The van der Waals surface area contributed by atoms with Crippen molar-refractivity contribution in [2.24, 2.45) is 5.92 Å². The Balaban J connectivity index is 1.42. The third-order valence-electron chi connectivity index (χ3n) is 5.09. The molecule has 0 saturated carbocycles. The third-order valence-corrected chi connectivity index (χ3v) is 7.01. The van der Waals surface area contributed by atoms with Gasteiger partial charge in [0.15, 0.2) is 0 Å². The highest BCUT2D eigenvalue weighted by molar-refractivity contribution is 7.98. The predicted octanol–water partition coefficient (Wildman–Crippen LogP) is 3.21. The van der Waals surface area contributed by atoms with Crippen LogP contribution >= 0.6 is 36.3 Å². The van der Waals surface area contributed by atoms with E-state index in [-0.39, 0.29) is 5.91 Å². The average molecular weight is 393 g/mol. The van der Waals surface area contributed by atoms with Gasteiger partial charge in [-0.15, -0.1) is 0 Å². The number of aromatic nitrogens is 2. The molecule has 0 spiro atoms. The van der Waals surface area contributed by atoms with Crippen LogP contribution in [0.25, 0.3) is 0 Å². The summed E-state index contributed by atoms with van der Waals surface area (Å²) in [5.41, 5.74) is 3.00. The molecular formula is C17H20N4OS3. The molecule has 3 unspecified atom stereocenters. The summed E-state index contributed by atoms with van der Waals surface area (Å²) in [7, 11) is 0. The fourth-order valence-corrected chi connectivity index (χ4v) is 5.66. The second-order valence-electron chi connectivity index (χ2n) is 6.65. The van der Waals surface area contributed by atoms with E-state index in [1.54, 1.807) is 11.8 Å². The molecule has 2 aliphatic rings. The van der Waals surface area contributed by atoms with Crippen LogP contribution in [0.1, 0.15) is 40.4 Å². The van der Waals surface area contributed by atoms with Crippen LogP contribution in [0.15, 0.2) is 29.3 Å².